The molecule has 3 rings (SSSR count). The summed E-state index contributed by atoms with van der Waals surface area (Å²) in [6.07, 6.45) is 0. The van der Waals surface area contributed by atoms with Crippen LogP contribution in [0.25, 0.3) is 11.0 Å². The highest BCUT2D eigenvalue weighted by Gasteiger charge is 2.09. The predicted molar refractivity (Wildman–Crippen MR) is 85.1 cm³/mol. The Kier molecular flexibility index (Phi) is 3.55. The first-order valence-corrected chi connectivity index (χ1v) is 7.26. The Labute approximate surface area is 128 Å². The Hall–Kier alpha value is -2.08. The predicted octanol–water partition coefficient (Wildman–Crippen LogP) is 3.93. The fourth-order valence-corrected chi connectivity index (χ4v) is 2.71. The van der Waals surface area contributed by atoms with E-state index in [1.165, 1.54) is 12.1 Å². The van der Waals surface area contributed by atoms with Crippen molar-refractivity contribution in [2.24, 2.45) is 0 Å². The van der Waals surface area contributed by atoms with Crippen molar-refractivity contribution < 1.29 is 4.39 Å². The van der Waals surface area contributed by atoms with Crippen molar-refractivity contribution >= 4 is 32.7 Å². The maximum atomic E-state index is 13.1. The molecule has 1 heterocycles. The van der Waals surface area contributed by atoms with Crippen LogP contribution in [0.2, 0.25) is 0 Å². The number of fused-ring (bicyclic) bond motifs is 1. The number of aromatic amines is 2. The molecule has 1 aromatic heterocycles. The van der Waals surface area contributed by atoms with Crippen LogP contribution in [0.4, 0.5) is 10.1 Å². The van der Waals surface area contributed by atoms with E-state index in [9.17, 15) is 9.18 Å². The molecule has 21 heavy (non-hydrogen) atoms. The number of aromatic nitrogens is 2. The van der Waals surface area contributed by atoms with Gasteiger partial charge in [0.15, 0.2) is 0 Å². The van der Waals surface area contributed by atoms with E-state index in [2.05, 4.69) is 31.2 Å². The number of halogens is 2. The van der Waals surface area contributed by atoms with Crippen LogP contribution in [-0.4, -0.2) is 9.97 Å². The highest BCUT2D eigenvalue weighted by Crippen LogP contribution is 2.27. The van der Waals surface area contributed by atoms with Gasteiger partial charge in [0.1, 0.15) is 5.82 Å². The molecule has 4 nitrogen and oxygen atoms in total. The van der Waals surface area contributed by atoms with E-state index in [0.29, 0.717) is 4.47 Å². The first-order chi connectivity index (χ1) is 10.0. The molecule has 1 unspecified atom stereocenters. The lowest BCUT2D eigenvalue weighted by molar-refractivity contribution is 0.627. The summed E-state index contributed by atoms with van der Waals surface area (Å²) in [7, 11) is 0. The van der Waals surface area contributed by atoms with Crippen molar-refractivity contribution in [3.8, 4) is 0 Å². The minimum Gasteiger partial charge on any atom is -0.378 e. The molecule has 6 heteroatoms. The minimum absolute atomic E-state index is 0.00885. The third-order valence-corrected chi connectivity index (χ3v) is 4.00. The fourth-order valence-electron chi connectivity index (χ4n) is 2.24. The standard InChI is InChI=1S/C15H13BrFN3O/c1-8(18-12-5-3-10(17)7-11(12)16)9-2-4-13-14(6-9)20-15(21)19-13/h2-8,18H,1H3,(H2,19,20,21). The zero-order chi connectivity index (χ0) is 15.0. The van der Waals surface area contributed by atoms with E-state index in [1.807, 2.05) is 25.1 Å². The molecule has 0 saturated heterocycles. The molecule has 0 radical (unpaired) electrons. The van der Waals surface area contributed by atoms with Gasteiger partial charge in [-0.05, 0) is 58.7 Å². The number of hydrogen-bond acceptors (Lipinski definition) is 2. The van der Waals surface area contributed by atoms with Crippen molar-refractivity contribution in [1.82, 2.24) is 9.97 Å². The molecule has 3 N–H and O–H groups in total. The molecule has 0 aliphatic carbocycles. The van der Waals surface area contributed by atoms with Gasteiger partial charge in [0.05, 0.1) is 11.0 Å². The van der Waals surface area contributed by atoms with Crippen molar-refractivity contribution in [3.63, 3.8) is 0 Å². The smallest absolute Gasteiger partial charge is 0.323 e. The average molecular weight is 350 g/mol. The molecule has 0 saturated carbocycles. The van der Waals surface area contributed by atoms with Gasteiger partial charge in [-0.15, -0.1) is 0 Å². The van der Waals surface area contributed by atoms with Crippen LogP contribution in [0.1, 0.15) is 18.5 Å². The van der Waals surface area contributed by atoms with Gasteiger partial charge in [0.25, 0.3) is 0 Å². The average Bonchev–Trinajstić information content (AvgIpc) is 2.80. The van der Waals surface area contributed by atoms with Gasteiger partial charge in [-0.3, -0.25) is 0 Å². The van der Waals surface area contributed by atoms with Gasteiger partial charge < -0.3 is 15.3 Å². The first kappa shape index (κ1) is 13.9. The minimum atomic E-state index is -0.286. The third-order valence-electron chi connectivity index (χ3n) is 3.34. The molecule has 108 valence electrons. The van der Waals surface area contributed by atoms with E-state index in [1.54, 1.807) is 6.07 Å². The van der Waals surface area contributed by atoms with Crippen LogP contribution in [-0.2, 0) is 0 Å². The number of H-pyrrole nitrogens is 2. The van der Waals surface area contributed by atoms with Gasteiger partial charge in [-0.2, -0.15) is 0 Å². The zero-order valence-corrected chi connectivity index (χ0v) is 12.8. The molecule has 1 atom stereocenters. The molecule has 0 fully saturated rings. The van der Waals surface area contributed by atoms with Gasteiger partial charge in [-0.25, -0.2) is 9.18 Å². The number of imidazole rings is 1. The van der Waals surface area contributed by atoms with Crippen molar-refractivity contribution in [2.75, 3.05) is 5.32 Å². The summed E-state index contributed by atoms with van der Waals surface area (Å²) in [5.74, 6) is -0.286. The van der Waals surface area contributed by atoms with Crippen LogP contribution in [0.5, 0.6) is 0 Å². The van der Waals surface area contributed by atoms with E-state index >= 15 is 0 Å². The summed E-state index contributed by atoms with van der Waals surface area (Å²) in [4.78, 5) is 16.7. The lowest BCUT2D eigenvalue weighted by atomic mass is 10.1. The molecule has 0 bridgehead atoms. The lowest BCUT2D eigenvalue weighted by Gasteiger charge is -2.17. The van der Waals surface area contributed by atoms with Crippen LogP contribution < -0.4 is 11.0 Å². The first-order valence-electron chi connectivity index (χ1n) is 6.46. The third kappa shape index (κ3) is 2.85. The van der Waals surface area contributed by atoms with Crippen LogP contribution >= 0.6 is 15.9 Å². The lowest BCUT2D eigenvalue weighted by Crippen LogP contribution is -2.07. The zero-order valence-electron chi connectivity index (χ0n) is 11.2. The fraction of sp³-hybridized carbons (Fsp3) is 0.133. The highest BCUT2D eigenvalue weighted by atomic mass is 79.9. The number of nitrogens with one attached hydrogen (secondary N) is 3. The van der Waals surface area contributed by atoms with Gasteiger partial charge in [0.2, 0.25) is 0 Å². The maximum absolute atomic E-state index is 13.1. The van der Waals surface area contributed by atoms with Gasteiger partial charge in [-0.1, -0.05) is 6.07 Å². The molecule has 0 amide bonds. The van der Waals surface area contributed by atoms with E-state index in [4.69, 9.17) is 0 Å². The van der Waals surface area contributed by atoms with Crippen LogP contribution in [0.15, 0.2) is 45.7 Å². The van der Waals surface area contributed by atoms with Crippen LogP contribution in [0, 0.1) is 5.82 Å². The largest absolute Gasteiger partial charge is 0.378 e. The quantitative estimate of drug-likeness (QED) is 0.670. The SMILES string of the molecule is CC(Nc1ccc(F)cc1Br)c1ccc2[nH]c(=O)[nH]c2c1. The topological polar surface area (TPSA) is 60.7 Å². The Morgan fingerprint density at radius 2 is 1.90 bits per heavy atom. The molecular weight excluding hydrogens is 337 g/mol. The van der Waals surface area contributed by atoms with Crippen LogP contribution in [0.3, 0.4) is 0 Å². The number of anilines is 1. The van der Waals surface area contributed by atoms with E-state index in [-0.39, 0.29) is 17.5 Å². The number of benzene rings is 2. The molecular formula is C15H13BrFN3O. The highest BCUT2D eigenvalue weighted by molar-refractivity contribution is 9.10. The monoisotopic (exact) mass is 349 g/mol. The van der Waals surface area contributed by atoms with Gasteiger partial charge in [0, 0.05) is 16.2 Å². The Balaban J connectivity index is 1.89. The second-order valence-corrected chi connectivity index (χ2v) is 5.73. The van der Waals surface area contributed by atoms with Crippen molar-refractivity contribution in [1.29, 1.82) is 0 Å². The maximum Gasteiger partial charge on any atom is 0.323 e. The molecule has 3 aromatic rings. The van der Waals surface area contributed by atoms with E-state index < -0.39 is 0 Å². The summed E-state index contributed by atoms with van der Waals surface area (Å²) in [5, 5.41) is 3.31. The Morgan fingerprint density at radius 1 is 1.14 bits per heavy atom. The molecule has 0 spiro atoms. The summed E-state index contributed by atoms with van der Waals surface area (Å²) < 4.78 is 13.8. The molecule has 2 aromatic carbocycles. The normalized spacial score (nSPS) is 12.5. The summed E-state index contributed by atoms with van der Waals surface area (Å²) >= 11 is 3.34. The summed E-state index contributed by atoms with van der Waals surface area (Å²) in [5.41, 5.74) is 3.16. The summed E-state index contributed by atoms with van der Waals surface area (Å²) in [6.45, 7) is 2.00. The number of hydrogen-bond donors (Lipinski definition) is 3. The Morgan fingerprint density at radius 3 is 2.67 bits per heavy atom. The second kappa shape index (κ2) is 5.37. The Bertz CT molecular complexity index is 855. The van der Waals surface area contributed by atoms with E-state index in [0.717, 1.165) is 22.3 Å². The molecule has 0 aliphatic rings. The van der Waals surface area contributed by atoms with Crippen molar-refractivity contribution in [3.05, 3.63) is 62.7 Å². The molecule has 0 aliphatic heterocycles. The van der Waals surface area contributed by atoms with Gasteiger partial charge >= 0.3 is 5.69 Å². The second-order valence-electron chi connectivity index (χ2n) is 4.87. The number of rotatable bonds is 3. The van der Waals surface area contributed by atoms with Crippen molar-refractivity contribution in [2.45, 2.75) is 13.0 Å². The summed E-state index contributed by atoms with van der Waals surface area (Å²) in [6, 6.07) is 10.3.